The van der Waals surface area contributed by atoms with Crippen molar-refractivity contribution in [3.8, 4) is 5.75 Å². The second-order valence-corrected chi connectivity index (χ2v) is 4.85. The maximum Gasteiger partial charge on any atom is 0.167 e. The topological polar surface area (TPSA) is 26.3 Å². The van der Waals surface area contributed by atoms with Crippen LogP contribution >= 0.6 is 11.6 Å². The molecule has 2 aromatic rings. The van der Waals surface area contributed by atoms with Crippen molar-refractivity contribution in [2.24, 2.45) is 0 Å². The van der Waals surface area contributed by atoms with Gasteiger partial charge in [0, 0.05) is 17.0 Å². The molecule has 0 bridgehead atoms. The van der Waals surface area contributed by atoms with Crippen LogP contribution in [0.2, 0.25) is 5.02 Å². The lowest BCUT2D eigenvalue weighted by Gasteiger charge is -2.07. The first kappa shape index (κ1) is 13.6. The van der Waals surface area contributed by atoms with Gasteiger partial charge in [-0.2, -0.15) is 0 Å². The largest absolute Gasteiger partial charge is 0.496 e. The van der Waals surface area contributed by atoms with Gasteiger partial charge in [-0.05, 0) is 48.4 Å². The molecule has 2 nitrogen and oxygen atoms in total. The molecule has 0 spiro atoms. The normalized spacial score (nSPS) is 10.3. The van der Waals surface area contributed by atoms with Gasteiger partial charge in [0.2, 0.25) is 0 Å². The average Bonchev–Trinajstić information content (AvgIpc) is 2.41. The van der Waals surface area contributed by atoms with Crippen molar-refractivity contribution in [2.75, 3.05) is 7.11 Å². The number of ether oxygens (including phenoxy) is 1. The summed E-state index contributed by atoms with van der Waals surface area (Å²) in [6.07, 6.45) is 0.378. The molecule has 2 aromatic carbocycles. The minimum Gasteiger partial charge on any atom is -0.496 e. The summed E-state index contributed by atoms with van der Waals surface area (Å²) in [5, 5.41) is 0.677. The number of methoxy groups -OCH3 is 1. The van der Waals surface area contributed by atoms with Gasteiger partial charge in [0.25, 0.3) is 0 Å². The van der Waals surface area contributed by atoms with Crippen molar-refractivity contribution in [1.82, 2.24) is 0 Å². The third-order valence-corrected chi connectivity index (χ3v) is 3.25. The fourth-order valence-corrected chi connectivity index (χ4v) is 2.07. The molecule has 0 aliphatic rings. The summed E-state index contributed by atoms with van der Waals surface area (Å²) < 4.78 is 5.19. The van der Waals surface area contributed by atoms with E-state index >= 15 is 0 Å². The first-order valence-corrected chi connectivity index (χ1v) is 6.40. The van der Waals surface area contributed by atoms with Crippen LogP contribution in [0, 0.1) is 6.92 Å². The first-order valence-electron chi connectivity index (χ1n) is 6.02. The number of benzene rings is 2. The minimum atomic E-state index is 0.0908. The van der Waals surface area contributed by atoms with Crippen LogP contribution < -0.4 is 4.74 Å². The zero-order valence-electron chi connectivity index (χ0n) is 10.9. The lowest BCUT2D eigenvalue weighted by Crippen LogP contribution is -2.04. The van der Waals surface area contributed by atoms with Crippen LogP contribution in [0.5, 0.6) is 5.75 Å². The van der Waals surface area contributed by atoms with E-state index in [-0.39, 0.29) is 5.78 Å². The molecular weight excluding hydrogens is 260 g/mol. The molecule has 3 heteroatoms. The Hall–Kier alpha value is -1.80. The van der Waals surface area contributed by atoms with Crippen molar-refractivity contribution >= 4 is 17.4 Å². The van der Waals surface area contributed by atoms with Gasteiger partial charge >= 0.3 is 0 Å². The van der Waals surface area contributed by atoms with Crippen molar-refractivity contribution in [3.05, 3.63) is 64.2 Å². The van der Waals surface area contributed by atoms with E-state index in [1.54, 1.807) is 25.3 Å². The number of rotatable bonds is 4. The summed E-state index contributed by atoms with van der Waals surface area (Å²) in [5.41, 5.74) is 2.63. The number of hydrogen-bond acceptors (Lipinski definition) is 2. The number of carbonyl (C=O) groups excluding carboxylic acids is 1. The van der Waals surface area contributed by atoms with E-state index < -0.39 is 0 Å². The number of Topliss-reactive ketones (excluding diaryl/α,β-unsaturated/α-hetero) is 1. The van der Waals surface area contributed by atoms with Gasteiger partial charge < -0.3 is 4.74 Å². The molecule has 0 aliphatic heterocycles. The van der Waals surface area contributed by atoms with Gasteiger partial charge in [-0.3, -0.25) is 4.79 Å². The Morgan fingerprint density at radius 3 is 2.42 bits per heavy atom. The average molecular weight is 275 g/mol. The molecule has 0 radical (unpaired) electrons. The number of aryl methyl sites for hydroxylation is 1. The predicted molar refractivity (Wildman–Crippen MR) is 77.2 cm³/mol. The van der Waals surface area contributed by atoms with Crippen LogP contribution in [0.15, 0.2) is 42.5 Å². The lowest BCUT2D eigenvalue weighted by atomic mass is 10.0. The summed E-state index contributed by atoms with van der Waals surface area (Å²) in [4.78, 5) is 12.2. The van der Waals surface area contributed by atoms with Gasteiger partial charge in [0.1, 0.15) is 5.75 Å². The number of ketones is 1. The molecule has 0 saturated heterocycles. The highest BCUT2D eigenvalue weighted by Crippen LogP contribution is 2.20. The fraction of sp³-hybridized carbons (Fsp3) is 0.188. The highest BCUT2D eigenvalue weighted by Gasteiger charge is 2.09. The summed E-state index contributed by atoms with van der Waals surface area (Å²) in [6, 6.07) is 12.8. The summed E-state index contributed by atoms with van der Waals surface area (Å²) >= 11 is 5.82. The second-order valence-electron chi connectivity index (χ2n) is 4.41. The molecule has 0 aliphatic carbocycles. The zero-order chi connectivity index (χ0) is 13.8. The molecule has 0 N–H and O–H groups in total. The molecule has 19 heavy (non-hydrogen) atoms. The first-order chi connectivity index (χ1) is 9.10. The molecule has 2 rings (SSSR count). The number of hydrogen-bond donors (Lipinski definition) is 0. The summed E-state index contributed by atoms with van der Waals surface area (Å²) in [5.74, 6) is 0.885. The quantitative estimate of drug-likeness (QED) is 0.785. The van der Waals surface area contributed by atoms with Crippen molar-refractivity contribution < 1.29 is 9.53 Å². The Morgan fingerprint density at radius 1 is 1.16 bits per heavy atom. The molecule has 0 unspecified atom stereocenters. The summed E-state index contributed by atoms with van der Waals surface area (Å²) in [6.45, 7) is 1.93. The zero-order valence-corrected chi connectivity index (χ0v) is 11.7. The highest BCUT2D eigenvalue weighted by molar-refractivity contribution is 6.30. The molecule has 0 aromatic heterocycles. The van der Waals surface area contributed by atoms with E-state index in [4.69, 9.17) is 16.3 Å². The van der Waals surface area contributed by atoms with Crippen molar-refractivity contribution in [1.29, 1.82) is 0 Å². The van der Waals surface area contributed by atoms with Crippen LogP contribution in [-0.4, -0.2) is 12.9 Å². The standard InChI is InChI=1S/C16H15ClO2/c1-11-9-13(5-8-16(11)19-2)15(18)10-12-3-6-14(17)7-4-12/h3-9H,10H2,1-2H3. The third-order valence-electron chi connectivity index (χ3n) is 2.99. The maximum absolute atomic E-state index is 12.2. The van der Waals surface area contributed by atoms with Gasteiger partial charge in [-0.25, -0.2) is 0 Å². The van der Waals surface area contributed by atoms with Gasteiger partial charge in [0.15, 0.2) is 5.78 Å². The maximum atomic E-state index is 12.2. The second kappa shape index (κ2) is 5.89. The predicted octanol–water partition coefficient (Wildman–Crippen LogP) is 4.08. The van der Waals surface area contributed by atoms with Crippen LogP contribution in [-0.2, 0) is 6.42 Å². The van der Waals surface area contributed by atoms with Crippen LogP contribution in [0.4, 0.5) is 0 Å². The SMILES string of the molecule is COc1ccc(C(=O)Cc2ccc(Cl)cc2)cc1C. The highest BCUT2D eigenvalue weighted by atomic mass is 35.5. The van der Waals surface area contributed by atoms with E-state index in [1.165, 1.54) is 0 Å². The molecule has 0 heterocycles. The molecule has 0 atom stereocenters. The number of halogens is 1. The Bertz CT molecular complexity index is 588. The molecule has 98 valence electrons. The van der Waals surface area contributed by atoms with E-state index in [0.717, 1.165) is 16.9 Å². The Morgan fingerprint density at radius 2 is 1.84 bits per heavy atom. The third kappa shape index (κ3) is 3.36. The summed E-state index contributed by atoms with van der Waals surface area (Å²) in [7, 11) is 1.62. The Labute approximate surface area is 118 Å². The van der Waals surface area contributed by atoms with Crippen LogP contribution in [0.1, 0.15) is 21.5 Å². The molecule has 0 amide bonds. The van der Waals surface area contributed by atoms with Crippen molar-refractivity contribution in [3.63, 3.8) is 0 Å². The van der Waals surface area contributed by atoms with E-state index in [2.05, 4.69) is 0 Å². The van der Waals surface area contributed by atoms with E-state index in [1.807, 2.05) is 31.2 Å². The van der Waals surface area contributed by atoms with Gasteiger partial charge in [0.05, 0.1) is 7.11 Å². The van der Waals surface area contributed by atoms with Gasteiger partial charge in [-0.1, -0.05) is 23.7 Å². The molecular formula is C16H15ClO2. The Kier molecular flexibility index (Phi) is 4.23. The van der Waals surface area contributed by atoms with Crippen LogP contribution in [0.3, 0.4) is 0 Å². The van der Waals surface area contributed by atoms with E-state index in [9.17, 15) is 4.79 Å². The number of carbonyl (C=O) groups is 1. The molecule has 0 saturated carbocycles. The minimum absolute atomic E-state index is 0.0908. The van der Waals surface area contributed by atoms with Crippen molar-refractivity contribution in [2.45, 2.75) is 13.3 Å². The fourth-order valence-electron chi connectivity index (χ4n) is 1.94. The molecule has 0 fully saturated rings. The van der Waals surface area contributed by atoms with E-state index in [0.29, 0.717) is 17.0 Å². The lowest BCUT2D eigenvalue weighted by molar-refractivity contribution is 0.0993. The monoisotopic (exact) mass is 274 g/mol. The van der Waals surface area contributed by atoms with Crippen LogP contribution in [0.25, 0.3) is 0 Å². The van der Waals surface area contributed by atoms with Gasteiger partial charge in [-0.15, -0.1) is 0 Å². The smallest absolute Gasteiger partial charge is 0.167 e. The Balaban J connectivity index is 2.16.